The van der Waals surface area contributed by atoms with Crippen LogP contribution in [0.5, 0.6) is 0 Å². The second-order valence-corrected chi connectivity index (χ2v) is 11.5. The molecule has 14 nitrogen and oxygen atoms in total. The molecule has 0 radical (unpaired) electrons. The highest BCUT2D eigenvalue weighted by molar-refractivity contribution is 7.98. The topological polar surface area (TPSA) is 249 Å². The molecule has 1 aliphatic rings. The van der Waals surface area contributed by atoms with Crippen LogP contribution < -0.4 is 22.3 Å². The van der Waals surface area contributed by atoms with Crippen molar-refractivity contribution in [2.24, 2.45) is 11.5 Å². The van der Waals surface area contributed by atoms with Crippen molar-refractivity contribution in [3.05, 3.63) is 12.7 Å². The Morgan fingerprint density at radius 2 is 1.92 bits per heavy atom. The molecule has 202 valence electrons. The van der Waals surface area contributed by atoms with Gasteiger partial charge in [-0.15, -0.1) is 0 Å². The largest absolute Gasteiger partial charge is 0.548 e. The molecule has 0 spiro atoms. The zero-order valence-corrected chi connectivity index (χ0v) is 21.6. The first kappa shape index (κ1) is 30.0. The number of hydrogen-bond acceptors (Lipinski definition) is 13. The predicted octanol–water partition coefficient (Wildman–Crippen LogP) is -3.11. The molecule has 0 saturated carbocycles. The summed E-state index contributed by atoms with van der Waals surface area (Å²) in [5.74, 6) is -0.161. The number of aliphatic hydroxyl groups is 2. The van der Waals surface area contributed by atoms with E-state index in [0.717, 1.165) is 5.75 Å². The average molecular weight is 548 g/mol. The van der Waals surface area contributed by atoms with Crippen LogP contribution in [0.25, 0.3) is 11.2 Å². The van der Waals surface area contributed by atoms with Gasteiger partial charge in [-0.1, -0.05) is 0 Å². The molecule has 9 N–H and O–H groups in total. The summed E-state index contributed by atoms with van der Waals surface area (Å²) >= 11 is 1.60. The number of nitrogens with two attached hydrogens (primary N) is 3. The van der Waals surface area contributed by atoms with Crippen LogP contribution in [0.1, 0.15) is 19.1 Å². The smallest absolute Gasteiger partial charge is 0.320 e. The van der Waals surface area contributed by atoms with E-state index in [0.29, 0.717) is 29.1 Å². The van der Waals surface area contributed by atoms with Gasteiger partial charge < -0.3 is 47.2 Å². The Balaban J connectivity index is 0.000000434. The predicted molar refractivity (Wildman–Crippen MR) is 135 cm³/mol. The number of thioether (sulfide) groups is 1. The molecule has 1 aliphatic heterocycles. The number of imidazole rings is 1. The summed E-state index contributed by atoms with van der Waals surface area (Å²) in [7, 11) is -0.263. The third-order valence-electron chi connectivity index (χ3n) is 5.48. The second-order valence-electron chi connectivity index (χ2n) is 8.22. The van der Waals surface area contributed by atoms with Crippen molar-refractivity contribution in [1.29, 1.82) is 0 Å². The van der Waals surface area contributed by atoms with Gasteiger partial charge in [0.05, 0.1) is 18.6 Å². The minimum absolute atomic E-state index is 0.211. The first-order chi connectivity index (χ1) is 17.0. The zero-order chi connectivity index (χ0) is 27.0. The van der Waals surface area contributed by atoms with E-state index in [2.05, 4.69) is 15.0 Å². The van der Waals surface area contributed by atoms with Crippen LogP contribution >= 0.6 is 11.8 Å². The van der Waals surface area contributed by atoms with Crippen LogP contribution in [-0.4, -0.2) is 107 Å². The lowest BCUT2D eigenvalue weighted by molar-refractivity contribution is -0.307. The highest BCUT2D eigenvalue weighted by Crippen LogP contribution is 2.32. The summed E-state index contributed by atoms with van der Waals surface area (Å²) in [4.78, 5) is 32.9. The summed E-state index contributed by atoms with van der Waals surface area (Å²) in [5, 5.41) is 39.8. The summed E-state index contributed by atoms with van der Waals surface area (Å²) in [6.07, 6.45) is 3.64. The molecule has 0 bridgehead atoms. The van der Waals surface area contributed by atoms with Gasteiger partial charge in [0, 0.05) is 12.5 Å². The number of nitrogens with zero attached hydrogens (tertiary/aromatic N) is 4. The van der Waals surface area contributed by atoms with Crippen LogP contribution in [0, 0.1) is 0 Å². The number of ether oxygens (including phenoxy) is 1. The van der Waals surface area contributed by atoms with Gasteiger partial charge in [0.2, 0.25) is 0 Å². The number of carboxylic acid groups (broad SMARTS) is 2. The van der Waals surface area contributed by atoms with E-state index in [1.54, 1.807) is 11.8 Å². The van der Waals surface area contributed by atoms with Crippen molar-refractivity contribution in [1.82, 2.24) is 19.5 Å². The van der Waals surface area contributed by atoms with Crippen molar-refractivity contribution in [3.63, 3.8) is 0 Å². The molecular weight excluding hydrogens is 514 g/mol. The lowest BCUT2D eigenvalue weighted by Crippen LogP contribution is -2.43. The van der Waals surface area contributed by atoms with Gasteiger partial charge in [-0.3, -0.25) is 9.36 Å². The first-order valence-corrected chi connectivity index (χ1v) is 14.3. The molecule has 3 rings (SSSR count). The fraction of sp³-hybridized carbons (Fsp3) is 0.650. The van der Waals surface area contributed by atoms with Crippen molar-refractivity contribution in [3.8, 4) is 0 Å². The molecule has 1 saturated heterocycles. The van der Waals surface area contributed by atoms with E-state index in [-0.39, 0.29) is 23.1 Å². The van der Waals surface area contributed by atoms with Crippen molar-refractivity contribution in [2.45, 2.75) is 49.5 Å². The number of anilines is 1. The van der Waals surface area contributed by atoms with Crippen molar-refractivity contribution < 1.29 is 34.8 Å². The van der Waals surface area contributed by atoms with Gasteiger partial charge in [0.15, 0.2) is 17.7 Å². The molecule has 0 aromatic carbocycles. The van der Waals surface area contributed by atoms with Crippen LogP contribution in [0.3, 0.4) is 0 Å². The van der Waals surface area contributed by atoms with Gasteiger partial charge in [-0.25, -0.2) is 15.0 Å². The summed E-state index contributed by atoms with van der Waals surface area (Å²) in [6.45, 7) is 0. The second kappa shape index (κ2) is 13.9. The minimum Gasteiger partial charge on any atom is -0.548 e. The minimum atomic E-state index is -1.28. The number of aliphatic hydroxyl groups excluding tert-OH is 2. The van der Waals surface area contributed by atoms with E-state index in [4.69, 9.17) is 27.0 Å². The Bertz CT molecular complexity index is 1010. The number of carboxylic acids is 2. The number of fused-ring (bicyclic) bond motifs is 1. The van der Waals surface area contributed by atoms with E-state index in [1.165, 1.54) is 17.2 Å². The Labute approximate surface area is 215 Å². The number of hydrogen-bond donors (Lipinski definition) is 6. The number of rotatable bonds is 11. The highest BCUT2D eigenvalue weighted by Gasteiger charge is 2.46. The van der Waals surface area contributed by atoms with Gasteiger partial charge in [-0.05, 0) is 29.3 Å². The fourth-order valence-electron chi connectivity index (χ4n) is 3.33. The molecule has 2 unspecified atom stereocenters. The Hall–Kier alpha value is -2.21. The van der Waals surface area contributed by atoms with E-state index < -0.39 is 48.6 Å². The number of aromatic nitrogens is 4. The SMILES string of the molecule is CSCC[C@H](N)C(=O)O.C[S+](CCC(N)C(=O)[O-])C[C@H]1O[C@@H](n2cnc3c(N)ncnc32)[C@H](O)[C@@H]1O. The summed E-state index contributed by atoms with van der Waals surface area (Å²) < 4.78 is 7.39. The zero-order valence-electron chi connectivity index (χ0n) is 20.0. The quantitative estimate of drug-likeness (QED) is 0.152. The normalized spacial score (nSPS) is 24.1. The molecule has 16 heteroatoms. The third-order valence-corrected chi connectivity index (χ3v) is 7.95. The fourth-order valence-corrected chi connectivity index (χ4v) is 5.48. The van der Waals surface area contributed by atoms with E-state index in [1.807, 2.05) is 12.5 Å². The molecule has 2 aromatic rings. The Morgan fingerprint density at radius 1 is 1.22 bits per heavy atom. The molecule has 0 aliphatic carbocycles. The lowest BCUT2D eigenvalue weighted by atomic mass is 10.1. The molecule has 7 atom stereocenters. The lowest BCUT2D eigenvalue weighted by Gasteiger charge is -2.16. The van der Waals surface area contributed by atoms with Crippen molar-refractivity contribution in [2.75, 3.05) is 35.5 Å². The van der Waals surface area contributed by atoms with Gasteiger partial charge in [0.1, 0.15) is 47.7 Å². The van der Waals surface area contributed by atoms with Crippen LogP contribution in [0.15, 0.2) is 12.7 Å². The summed E-state index contributed by atoms with van der Waals surface area (Å²) in [6, 6.07) is -1.70. The molecule has 3 heterocycles. The number of aliphatic carboxylic acids is 2. The van der Waals surface area contributed by atoms with Gasteiger partial charge in [-0.2, -0.15) is 11.8 Å². The maximum Gasteiger partial charge on any atom is 0.320 e. The molecular formula is C20H33N7O7S2. The molecule has 1 fully saturated rings. The monoisotopic (exact) mass is 547 g/mol. The third kappa shape index (κ3) is 7.89. The Kier molecular flexibility index (Phi) is 11.6. The molecule has 0 amide bonds. The number of nitrogen functional groups attached to an aromatic ring is 1. The average Bonchev–Trinajstić information content (AvgIpc) is 3.38. The summed E-state index contributed by atoms with van der Waals surface area (Å²) in [5.41, 5.74) is 17.2. The maximum atomic E-state index is 10.7. The van der Waals surface area contributed by atoms with E-state index in [9.17, 15) is 24.9 Å². The molecule has 36 heavy (non-hydrogen) atoms. The van der Waals surface area contributed by atoms with Crippen molar-refractivity contribution >= 4 is 51.6 Å². The highest BCUT2D eigenvalue weighted by atomic mass is 32.2. The standard InChI is InChI=1S/C15H22N6O5S.C5H11NO2S/c1-27(3-2-7(16)15(24)25)4-8-10(22)11(23)14(26-8)21-6-20-9-12(17)18-5-19-13(9)21;1-9-3-2-4(6)5(7)8/h5-8,10-11,14,22-23H,2-4,16H2,1H3,(H2-,17,18,19,24,25);4H,2-3,6H2,1H3,(H,7,8)/t7?,8-,10-,11-,14-,27?;4-/m10/s1. The van der Waals surface area contributed by atoms with Gasteiger partial charge >= 0.3 is 5.97 Å². The van der Waals surface area contributed by atoms with Crippen LogP contribution in [0.2, 0.25) is 0 Å². The first-order valence-electron chi connectivity index (χ1n) is 10.9. The Morgan fingerprint density at radius 3 is 2.53 bits per heavy atom. The number of carbonyl (C=O) groups excluding carboxylic acids is 1. The van der Waals surface area contributed by atoms with Gasteiger partial charge in [0.25, 0.3) is 0 Å². The van der Waals surface area contributed by atoms with Crippen LogP contribution in [-0.2, 0) is 25.2 Å². The molecule has 2 aromatic heterocycles. The number of carbonyl (C=O) groups is 2. The maximum absolute atomic E-state index is 10.7. The van der Waals surface area contributed by atoms with E-state index >= 15 is 0 Å². The van der Waals surface area contributed by atoms with Crippen LogP contribution in [0.4, 0.5) is 5.82 Å².